The standard InChI is InChI=1S/C15H10F3N3O3/c16-15(17,18)8-21-13(22)9-1-3-12(4-2-9)24-14(23)10-5-11(6-19)20-7-10/h1-5,7,20H,8H2,(H,21,22). The van der Waals surface area contributed by atoms with Gasteiger partial charge in [0.25, 0.3) is 5.91 Å². The maximum Gasteiger partial charge on any atom is 0.405 e. The number of H-pyrrole nitrogens is 1. The molecule has 0 bridgehead atoms. The normalized spacial score (nSPS) is 10.8. The van der Waals surface area contributed by atoms with E-state index in [4.69, 9.17) is 10.00 Å². The quantitative estimate of drug-likeness (QED) is 0.661. The highest BCUT2D eigenvalue weighted by atomic mass is 19.4. The van der Waals surface area contributed by atoms with Gasteiger partial charge in [-0.3, -0.25) is 4.79 Å². The van der Waals surface area contributed by atoms with Gasteiger partial charge in [0.05, 0.1) is 5.56 Å². The Morgan fingerprint density at radius 1 is 1.21 bits per heavy atom. The Morgan fingerprint density at radius 2 is 1.88 bits per heavy atom. The molecule has 1 amide bonds. The molecule has 1 heterocycles. The molecule has 0 saturated carbocycles. The van der Waals surface area contributed by atoms with E-state index >= 15 is 0 Å². The third-order valence-corrected chi connectivity index (χ3v) is 2.82. The molecule has 0 spiro atoms. The van der Waals surface area contributed by atoms with Crippen LogP contribution >= 0.6 is 0 Å². The molecule has 0 saturated heterocycles. The van der Waals surface area contributed by atoms with Gasteiger partial charge in [-0.1, -0.05) is 0 Å². The van der Waals surface area contributed by atoms with Crippen LogP contribution in [0.15, 0.2) is 36.5 Å². The van der Waals surface area contributed by atoms with E-state index in [1.54, 1.807) is 5.32 Å². The Kier molecular flexibility index (Phi) is 4.89. The third-order valence-electron chi connectivity index (χ3n) is 2.82. The second kappa shape index (κ2) is 6.87. The van der Waals surface area contributed by atoms with Crippen molar-refractivity contribution in [1.82, 2.24) is 10.3 Å². The van der Waals surface area contributed by atoms with E-state index in [1.165, 1.54) is 36.5 Å². The maximum absolute atomic E-state index is 12.0. The Bertz CT molecular complexity index is 789. The molecule has 2 N–H and O–H groups in total. The minimum Gasteiger partial charge on any atom is -0.423 e. The first kappa shape index (κ1) is 17.1. The van der Waals surface area contributed by atoms with Crippen molar-refractivity contribution < 1.29 is 27.5 Å². The first-order valence-corrected chi connectivity index (χ1v) is 6.54. The van der Waals surface area contributed by atoms with Gasteiger partial charge in [-0.2, -0.15) is 18.4 Å². The van der Waals surface area contributed by atoms with E-state index in [0.717, 1.165) is 0 Å². The average molecular weight is 337 g/mol. The van der Waals surface area contributed by atoms with Crippen LogP contribution in [-0.2, 0) is 0 Å². The number of hydrogen-bond acceptors (Lipinski definition) is 4. The van der Waals surface area contributed by atoms with Crippen LogP contribution in [0.4, 0.5) is 13.2 Å². The van der Waals surface area contributed by atoms with Gasteiger partial charge in [-0.25, -0.2) is 4.79 Å². The number of amides is 1. The van der Waals surface area contributed by atoms with E-state index in [0.29, 0.717) is 0 Å². The zero-order chi connectivity index (χ0) is 17.7. The van der Waals surface area contributed by atoms with Crippen LogP contribution in [0.25, 0.3) is 0 Å². The number of ether oxygens (including phenoxy) is 1. The molecule has 124 valence electrons. The van der Waals surface area contributed by atoms with Crippen molar-refractivity contribution in [3.05, 3.63) is 53.3 Å². The minimum atomic E-state index is -4.50. The summed E-state index contributed by atoms with van der Waals surface area (Å²) < 4.78 is 41.1. The molecule has 0 aliphatic carbocycles. The predicted molar refractivity (Wildman–Crippen MR) is 75.3 cm³/mol. The van der Waals surface area contributed by atoms with E-state index in [1.807, 2.05) is 6.07 Å². The first-order valence-electron chi connectivity index (χ1n) is 6.54. The summed E-state index contributed by atoms with van der Waals surface area (Å²) in [5, 5.41) is 10.4. The number of nitriles is 1. The van der Waals surface area contributed by atoms with E-state index in [-0.39, 0.29) is 22.6 Å². The third kappa shape index (κ3) is 4.61. The fourth-order valence-electron chi connectivity index (χ4n) is 1.70. The van der Waals surface area contributed by atoms with Crippen molar-refractivity contribution in [3.8, 4) is 11.8 Å². The summed E-state index contributed by atoms with van der Waals surface area (Å²) in [5.41, 5.74) is 0.324. The minimum absolute atomic E-state index is 0.00698. The van der Waals surface area contributed by atoms with Crippen LogP contribution in [-0.4, -0.2) is 29.6 Å². The fraction of sp³-hybridized carbons (Fsp3) is 0.133. The lowest BCUT2D eigenvalue weighted by Gasteiger charge is -2.08. The van der Waals surface area contributed by atoms with E-state index in [9.17, 15) is 22.8 Å². The van der Waals surface area contributed by atoms with Gasteiger partial charge in [0.2, 0.25) is 0 Å². The first-order chi connectivity index (χ1) is 11.3. The summed E-state index contributed by atoms with van der Waals surface area (Å²) >= 11 is 0. The number of carbonyl (C=O) groups is 2. The molecule has 9 heteroatoms. The number of nitrogens with one attached hydrogen (secondary N) is 2. The van der Waals surface area contributed by atoms with Crippen molar-refractivity contribution in [2.75, 3.05) is 6.54 Å². The summed E-state index contributed by atoms with van der Waals surface area (Å²) in [6.07, 6.45) is -3.19. The summed E-state index contributed by atoms with van der Waals surface area (Å²) in [4.78, 5) is 25.9. The van der Waals surface area contributed by atoms with Crippen LogP contribution in [0.3, 0.4) is 0 Å². The van der Waals surface area contributed by atoms with Crippen LogP contribution in [0.2, 0.25) is 0 Å². The highest BCUT2D eigenvalue weighted by Gasteiger charge is 2.27. The van der Waals surface area contributed by atoms with Crippen LogP contribution in [0.1, 0.15) is 26.4 Å². The zero-order valence-electron chi connectivity index (χ0n) is 12.0. The molecule has 0 radical (unpaired) electrons. The van der Waals surface area contributed by atoms with Gasteiger partial charge >= 0.3 is 12.1 Å². The number of esters is 1. The smallest absolute Gasteiger partial charge is 0.405 e. The summed E-state index contributed by atoms with van der Waals surface area (Å²) in [6.45, 7) is -1.43. The monoisotopic (exact) mass is 337 g/mol. The lowest BCUT2D eigenvalue weighted by Crippen LogP contribution is -2.33. The number of nitrogens with zero attached hydrogens (tertiary/aromatic N) is 1. The number of aromatic nitrogens is 1. The second-order valence-electron chi connectivity index (χ2n) is 4.63. The molecule has 1 aromatic carbocycles. The van der Waals surface area contributed by atoms with Gasteiger partial charge in [0.15, 0.2) is 0 Å². The highest BCUT2D eigenvalue weighted by molar-refractivity contribution is 5.94. The van der Waals surface area contributed by atoms with Crippen molar-refractivity contribution in [2.24, 2.45) is 0 Å². The maximum atomic E-state index is 12.0. The zero-order valence-corrected chi connectivity index (χ0v) is 12.0. The molecule has 24 heavy (non-hydrogen) atoms. The lowest BCUT2D eigenvalue weighted by molar-refractivity contribution is -0.123. The van der Waals surface area contributed by atoms with E-state index < -0.39 is 24.6 Å². The number of halogens is 3. The molecule has 1 aromatic heterocycles. The van der Waals surface area contributed by atoms with Gasteiger partial charge in [-0.15, -0.1) is 0 Å². The molecule has 2 rings (SSSR count). The Labute approximate surface area is 133 Å². The largest absolute Gasteiger partial charge is 0.423 e. The van der Waals surface area contributed by atoms with Gasteiger partial charge < -0.3 is 15.0 Å². The molecule has 2 aromatic rings. The predicted octanol–water partition coefficient (Wildman–Crippen LogP) is 2.40. The summed E-state index contributed by atoms with van der Waals surface area (Å²) in [7, 11) is 0. The molecular formula is C15H10F3N3O3. The Morgan fingerprint density at radius 3 is 2.42 bits per heavy atom. The lowest BCUT2D eigenvalue weighted by atomic mass is 10.2. The summed E-state index contributed by atoms with van der Waals surface area (Å²) in [5.74, 6) is -1.51. The van der Waals surface area contributed by atoms with Crippen LogP contribution in [0.5, 0.6) is 5.75 Å². The average Bonchev–Trinajstić information content (AvgIpc) is 3.02. The summed E-state index contributed by atoms with van der Waals surface area (Å²) in [6, 6.07) is 8.14. The molecule has 0 fully saturated rings. The van der Waals surface area contributed by atoms with Crippen molar-refractivity contribution in [1.29, 1.82) is 5.26 Å². The van der Waals surface area contributed by atoms with Gasteiger partial charge in [-0.05, 0) is 30.3 Å². The SMILES string of the molecule is N#Cc1cc(C(=O)Oc2ccc(C(=O)NCC(F)(F)F)cc2)c[nH]1. The molecule has 6 nitrogen and oxygen atoms in total. The number of rotatable bonds is 4. The number of carbonyl (C=O) groups excluding carboxylic acids is 2. The van der Waals surface area contributed by atoms with Gasteiger partial charge in [0, 0.05) is 11.8 Å². The van der Waals surface area contributed by atoms with Crippen molar-refractivity contribution >= 4 is 11.9 Å². The molecule has 0 atom stereocenters. The van der Waals surface area contributed by atoms with Crippen LogP contribution in [0, 0.1) is 11.3 Å². The number of benzene rings is 1. The molecule has 0 unspecified atom stereocenters. The number of hydrogen-bond donors (Lipinski definition) is 2. The highest BCUT2D eigenvalue weighted by Crippen LogP contribution is 2.16. The number of aromatic amines is 1. The number of alkyl halides is 3. The molecular weight excluding hydrogens is 327 g/mol. The van der Waals surface area contributed by atoms with Crippen molar-refractivity contribution in [2.45, 2.75) is 6.18 Å². The Hall–Kier alpha value is -3.28. The van der Waals surface area contributed by atoms with Crippen LogP contribution < -0.4 is 10.1 Å². The van der Waals surface area contributed by atoms with E-state index in [2.05, 4.69) is 4.98 Å². The topological polar surface area (TPSA) is 95.0 Å². The van der Waals surface area contributed by atoms with Crippen molar-refractivity contribution in [3.63, 3.8) is 0 Å². The second-order valence-corrected chi connectivity index (χ2v) is 4.63. The Balaban J connectivity index is 1.98. The fourth-order valence-corrected chi connectivity index (χ4v) is 1.70. The van der Waals surface area contributed by atoms with Gasteiger partial charge in [0.1, 0.15) is 24.1 Å². The molecule has 0 aliphatic rings. The molecule has 0 aliphatic heterocycles.